The van der Waals surface area contributed by atoms with Crippen molar-refractivity contribution in [2.45, 2.75) is 33.2 Å². The predicted molar refractivity (Wildman–Crippen MR) is 65.6 cm³/mol. The second kappa shape index (κ2) is 6.10. The van der Waals surface area contributed by atoms with E-state index in [9.17, 15) is 4.79 Å². The molecule has 0 fully saturated rings. The summed E-state index contributed by atoms with van der Waals surface area (Å²) in [4.78, 5) is 15.6. The second-order valence-corrected chi connectivity index (χ2v) is 3.74. The van der Waals surface area contributed by atoms with Gasteiger partial charge in [0.2, 0.25) is 0 Å². The van der Waals surface area contributed by atoms with Crippen molar-refractivity contribution >= 4 is 11.6 Å². The van der Waals surface area contributed by atoms with Crippen LogP contribution in [0.25, 0.3) is 0 Å². The zero-order chi connectivity index (χ0) is 12.0. The molecule has 0 aliphatic rings. The molecule has 4 heteroatoms. The second-order valence-electron chi connectivity index (χ2n) is 3.74. The van der Waals surface area contributed by atoms with Gasteiger partial charge in [0.15, 0.2) is 0 Å². The smallest absolute Gasteiger partial charge is 0.269 e. The average Bonchev–Trinajstić information content (AvgIpc) is 2.29. The van der Waals surface area contributed by atoms with Gasteiger partial charge in [0.05, 0.1) is 0 Å². The number of nitrogens with zero attached hydrogens (tertiary/aromatic N) is 1. The van der Waals surface area contributed by atoms with Crippen molar-refractivity contribution in [3.63, 3.8) is 0 Å². The standard InChI is InChI=1S/C12H19N3O/c1-4-9(3)15-10-6-7-14-11(8-10)12(16)13-5-2/h6-9H,4-5H2,1-3H3,(H,13,16)(H,14,15). The van der Waals surface area contributed by atoms with Crippen LogP contribution in [0.15, 0.2) is 18.3 Å². The van der Waals surface area contributed by atoms with Gasteiger partial charge >= 0.3 is 0 Å². The van der Waals surface area contributed by atoms with Crippen molar-refractivity contribution < 1.29 is 4.79 Å². The number of carbonyl (C=O) groups is 1. The largest absolute Gasteiger partial charge is 0.382 e. The zero-order valence-electron chi connectivity index (χ0n) is 10.1. The molecule has 88 valence electrons. The topological polar surface area (TPSA) is 54.0 Å². The zero-order valence-corrected chi connectivity index (χ0v) is 10.1. The lowest BCUT2D eigenvalue weighted by Crippen LogP contribution is -2.24. The van der Waals surface area contributed by atoms with Crippen LogP contribution in [0.2, 0.25) is 0 Å². The molecule has 4 nitrogen and oxygen atoms in total. The van der Waals surface area contributed by atoms with Gasteiger partial charge in [0.25, 0.3) is 5.91 Å². The Hall–Kier alpha value is -1.58. The Balaban J connectivity index is 2.74. The third-order valence-electron chi connectivity index (χ3n) is 2.36. The van der Waals surface area contributed by atoms with E-state index in [0.717, 1.165) is 12.1 Å². The summed E-state index contributed by atoms with van der Waals surface area (Å²) in [6.45, 7) is 6.72. The minimum Gasteiger partial charge on any atom is -0.382 e. The minimum atomic E-state index is -0.129. The lowest BCUT2D eigenvalue weighted by atomic mass is 10.2. The van der Waals surface area contributed by atoms with Gasteiger partial charge in [-0.2, -0.15) is 0 Å². The molecule has 1 heterocycles. The quantitative estimate of drug-likeness (QED) is 0.800. The summed E-state index contributed by atoms with van der Waals surface area (Å²) >= 11 is 0. The van der Waals surface area contributed by atoms with Crippen molar-refractivity contribution in [2.75, 3.05) is 11.9 Å². The van der Waals surface area contributed by atoms with Gasteiger partial charge in [-0.1, -0.05) is 6.92 Å². The molecule has 16 heavy (non-hydrogen) atoms. The molecule has 0 bridgehead atoms. The molecule has 0 saturated heterocycles. The van der Waals surface area contributed by atoms with Crippen LogP contribution < -0.4 is 10.6 Å². The number of hydrogen-bond acceptors (Lipinski definition) is 3. The summed E-state index contributed by atoms with van der Waals surface area (Å²) in [7, 11) is 0. The maximum absolute atomic E-state index is 11.6. The highest BCUT2D eigenvalue weighted by Gasteiger charge is 2.07. The number of pyridine rings is 1. The van der Waals surface area contributed by atoms with Crippen LogP contribution in [-0.2, 0) is 0 Å². The average molecular weight is 221 g/mol. The molecule has 1 unspecified atom stereocenters. The van der Waals surface area contributed by atoms with Gasteiger partial charge in [0.1, 0.15) is 5.69 Å². The molecule has 1 aromatic heterocycles. The molecule has 0 aliphatic heterocycles. The molecule has 0 saturated carbocycles. The number of hydrogen-bond donors (Lipinski definition) is 2. The van der Waals surface area contributed by atoms with Gasteiger partial charge in [-0.15, -0.1) is 0 Å². The van der Waals surface area contributed by atoms with Crippen LogP contribution >= 0.6 is 0 Å². The van der Waals surface area contributed by atoms with Crippen LogP contribution in [-0.4, -0.2) is 23.5 Å². The van der Waals surface area contributed by atoms with E-state index < -0.39 is 0 Å². The van der Waals surface area contributed by atoms with E-state index in [1.165, 1.54) is 0 Å². The SMILES string of the molecule is CCNC(=O)c1cc(NC(C)CC)ccn1. The van der Waals surface area contributed by atoms with Crippen LogP contribution in [0.1, 0.15) is 37.7 Å². The fourth-order valence-electron chi connectivity index (χ4n) is 1.28. The minimum absolute atomic E-state index is 0.129. The molecule has 1 amide bonds. The number of carbonyl (C=O) groups excluding carboxylic acids is 1. The van der Waals surface area contributed by atoms with Crippen LogP contribution in [0, 0.1) is 0 Å². The van der Waals surface area contributed by atoms with Crippen LogP contribution in [0.3, 0.4) is 0 Å². The van der Waals surface area contributed by atoms with E-state index in [2.05, 4.69) is 29.5 Å². The van der Waals surface area contributed by atoms with Crippen molar-refractivity contribution in [3.05, 3.63) is 24.0 Å². The summed E-state index contributed by atoms with van der Waals surface area (Å²) in [5.74, 6) is -0.129. The molecule has 0 aliphatic carbocycles. The fourth-order valence-corrected chi connectivity index (χ4v) is 1.28. The Morgan fingerprint density at radius 2 is 2.25 bits per heavy atom. The summed E-state index contributed by atoms with van der Waals surface area (Å²) in [5.41, 5.74) is 1.39. The maximum Gasteiger partial charge on any atom is 0.269 e. The lowest BCUT2D eigenvalue weighted by Gasteiger charge is -2.13. The first kappa shape index (κ1) is 12.5. The number of nitrogens with one attached hydrogen (secondary N) is 2. The van der Waals surface area contributed by atoms with E-state index in [1.807, 2.05) is 13.0 Å². The molecule has 2 N–H and O–H groups in total. The van der Waals surface area contributed by atoms with Crippen molar-refractivity contribution in [1.29, 1.82) is 0 Å². The number of amides is 1. The predicted octanol–water partition coefficient (Wildman–Crippen LogP) is 2.04. The first-order valence-corrected chi connectivity index (χ1v) is 5.68. The summed E-state index contributed by atoms with van der Waals surface area (Å²) in [6, 6.07) is 4.04. The summed E-state index contributed by atoms with van der Waals surface area (Å²) in [6.07, 6.45) is 2.69. The van der Waals surface area contributed by atoms with Gasteiger partial charge < -0.3 is 10.6 Å². The van der Waals surface area contributed by atoms with Crippen LogP contribution in [0.4, 0.5) is 5.69 Å². The van der Waals surface area contributed by atoms with E-state index in [1.54, 1.807) is 12.3 Å². The highest BCUT2D eigenvalue weighted by molar-refractivity contribution is 5.93. The Labute approximate surface area is 96.5 Å². The fraction of sp³-hybridized carbons (Fsp3) is 0.500. The highest BCUT2D eigenvalue weighted by atomic mass is 16.1. The molecular formula is C12H19N3O. The summed E-state index contributed by atoms with van der Waals surface area (Å²) in [5, 5.41) is 6.04. The van der Waals surface area contributed by atoms with Gasteiger partial charge in [-0.05, 0) is 32.4 Å². The highest BCUT2D eigenvalue weighted by Crippen LogP contribution is 2.10. The van der Waals surface area contributed by atoms with Crippen molar-refractivity contribution in [2.24, 2.45) is 0 Å². The normalized spacial score (nSPS) is 11.9. The number of anilines is 1. The monoisotopic (exact) mass is 221 g/mol. The first-order chi connectivity index (χ1) is 7.67. The van der Waals surface area contributed by atoms with Gasteiger partial charge in [-0.25, -0.2) is 0 Å². The molecule has 1 atom stereocenters. The molecule has 0 radical (unpaired) electrons. The molecular weight excluding hydrogens is 202 g/mol. The van der Waals surface area contributed by atoms with Gasteiger partial charge in [-0.3, -0.25) is 9.78 Å². The maximum atomic E-state index is 11.6. The van der Waals surface area contributed by atoms with Crippen molar-refractivity contribution in [1.82, 2.24) is 10.3 Å². The molecule has 0 spiro atoms. The molecule has 0 aromatic carbocycles. The molecule has 1 rings (SSSR count). The van der Waals surface area contributed by atoms with E-state index >= 15 is 0 Å². The van der Waals surface area contributed by atoms with E-state index in [-0.39, 0.29) is 5.91 Å². The first-order valence-electron chi connectivity index (χ1n) is 5.68. The number of rotatable bonds is 5. The number of aromatic nitrogens is 1. The third-order valence-corrected chi connectivity index (χ3v) is 2.36. The Morgan fingerprint density at radius 3 is 2.88 bits per heavy atom. The van der Waals surface area contributed by atoms with Crippen LogP contribution in [0.5, 0.6) is 0 Å². The van der Waals surface area contributed by atoms with Crippen molar-refractivity contribution in [3.8, 4) is 0 Å². The third kappa shape index (κ3) is 3.53. The Bertz CT molecular complexity index is 352. The Morgan fingerprint density at radius 1 is 1.50 bits per heavy atom. The molecule has 1 aromatic rings. The van der Waals surface area contributed by atoms with E-state index in [4.69, 9.17) is 0 Å². The Kier molecular flexibility index (Phi) is 4.76. The van der Waals surface area contributed by atoms with E-state index in [0.29, 0.717) is 18.3 Å². The summed E-state index contributed by atoms with van der Waals surface area (Å²) < 4.78 is 0. The van der Waals surface area contributed by atoms with Gasteiger partial charge in [0, 0.05) is 24.5 Å². The lowest BCUT2D eigenvalue weighted by molar-refractivity contribution is 0.0951.